The van der Waals surface area contributed by atoms with Gasteiger partial charge in [0.2, 0.25) is 0 Å². The van der Waals surface area contributed by atoms with Gasteiger partial charge in [0, 0.05) is 6.04 Å². The highest BCUT2D eigenvalue weighted by Crippen LogP contribution is 2.18. The van der Waals surface area contributed by atoms with Crippen molar-refractivity contribution in [3.63, 3.8) is 0 Å². The third-order valence-corrected chi connectivity index (χ3v) is 2.67. The lowest BCUT2D eigenvalue weighted by Gasteiger charge is -2.25. The van der Waals surface area contributed by atoms with Crippen LogP contribution in [-0.4, -0.2) is 24.1 Å². The van der Waals surface area contributed by atoms with Gasteiger partial charge in [0.15, 0.2) is 0 Å². The number of nitrogens with one attached hydrogen (secondary N) is 2. The number of aliphatic carboxylic acids is 1. The van der Waals surface area contributed by atoms with Crippen LogP contribution in [0.25, 0.3) is 0 Å². The van der Waals surface area contributed by atoms with Crippen molar-refractivity contribution in [1.29, 1.82) is 0 Å². The van der Waals surface area contributed by atoms with E-state index in [9.17, 15) is 14.7 Å². The van der Waals surface area contributed by atoms with Crippen LogP contribution in [0.2, 0.25) is 0 Å². The third-order valence-electron chi connectivity index (χ3n) is 2.67. The van der Waals surface area contributed by atoms with E-state index >= 15 is 0 Å². The maximum Gasteiger partial charge on any atom is 0.315 e. The quantitative estimate of drug-likeness (QED) is 0.652. The predicted molar refractivity (Wildman–Crippen MR) is 52.9 cm³/mol. The second kappa shape index (κ2) is 5.00. The highest BCUT2D eigenvalue weighted by molar-refractivity contribution is 5.82. The molecule has 0 aromatic carbocycles. The van der Waals surface area contributed by atoms with Crippen LogP contribution in [-0.2, 0) is 4.79 Å². The summed E-state index contributed by atoms with van der Waals surface area (Å²) in [7, 11) is 0. The summed E-state index contributed by atoms with van der Waals surface area (Å²) in [6.45, 7) is 3.65. The number of rotatable bonds is 5. The molecule has 15 heavy (non-hydrogen) atoms. The molecule has 0 unspecified atom stereocenters. The first-order chi connectivity index (χ1) is 7.04. The maximum absolute atomic E-state index is 11.3. The Morgan fingerprint density at radius 3 is 2.47 bits per heavy atom. The Bertz CT molecular complexity index is 251. The van der Waals surface area contributed by atoms with E-state index in [2.05, 4.69) is 10.6 Å². The number of carbonyl (C=O) groups excluding carboxylic acids is 2. The van der Waals surface area contributed by atoms with Crippen molar-refractivity contribution in [2.75, 3.05) is 0 Å². The molecule has 1 saturated carbocycles. The minimum absolute atomic E-state index is 0.125. The molecule has 1 fully saturated rings. The molecule has 2 atom stereocenters. The Hall–Kier alpha value is -1.26. The largest absolute Gasteiger partial charge is 0.548 e. The van der Waals surface area contributed by atoms with Gasteiger partial charge >= 0.3 is 6.03 Å². The highest BCUT2D eigenvalue weighted by atomic mass is 16.4. The molecule has 86 valence electrons. The zero-order chi connectivity index (χ0) is 11.4. The summed E-state index contributed by atoms with van der Waals surface area (Å²) in [6, 6.07) is -1.09. The number of carboxylic acids is 1. The van der Waals surface area contributed by atoms with Crippen molar-refractivity contribution in [1.82, 2.24) is 10.6 Å². The van der Waals surface area contributed by atoms with Crippen molar-refractivity contribution in [3.05, 3.63) is 0 Å². The van der Waals surface area contributed by atoms with E-state index in [0.29, 0.717) is 6.42 Å². The molecular formula is C10H17N2O3-. The molecule has 1 rings (SSSR count). The standard InChI is InChI=1S/C10H18N2O3/c1-3-6(2)8(9(13)14)12-10(15)11-7-4-5-7/h6-8H,3-5H2,1-2H3,(H,13,14)(H2,11,12,15)/p-1/t6-,8+/m1/s1. The molecule has 0 heterocycles. The number of carboxylic acid groups (broad SMARTS) is 1. The van der Waals surface area contributed by atoms with Crippen LogP contribution in [0.4, 0.5) is 4.79 Å². The van der Waals surface area contributed by atoms with Crippen molar-refractivity contribution in [2.24, 2.45) is 5.92 Å². The van der Waals surface area contributed by atoms with Crippen LogP contribution < -0.4 is 15.7 Å². The Labute approximate surface area is 89.2 Å². The minimum Gasteiger partial charge on any atom is -0.548 e. The molecule has 0 saturated heterocycles. The normalized spacial score (nSPS) is 19.1. The van der Waals surface area contributed by atoms with Crippen LogP contribution in [0.5, 0.6) is 0 Å². The summed E-state index contributed by atoms with van der Waals surface area (Å²) >= 11 is 0. The zero-order valence-electron chi connectivity index (χ0n) is 9.08. The molecule has 2 amide bonds. The molecule has 0 bridgehead atoms. The van der Waals surface area contributed by atoms with E-state index in [1.54, 1.807) is 6.92 Å². The van der Waals surface area contributed by atoms with E-state index in [0.717, 1.165) is 12.8 Å². The Morgan fingerprint density at radius 1 is 1.47 bits per heavy atom. The lowest BCUT2D eigenvalue weighted by atomic mass is 9.99. The molecule has 5 heteroatoms. The molecule has 0 spiro atoms. The summed E-state index contributed by atoms with van der Waals surface area (Å²) in [4.78, 5) is 22.1. The van der Waals surface area contributed by atoms with Crippen LogP contribution >= 0.6 is 0 Å². The van der Waals surface area contributed by atoms with Gasteiger partial charge in [-0.05, 0) is 18.8 Å². The molecule has 0 aliphatic heterocycles. The molecule has 2 N–H and O–H groups in total. The van der Waals surface area contributed by atoms with Crippen LogP contribution in [0.1, 0.15) is 33.1 Å². The summed E-state index contributed by atoms with van der Waals surface area (Å²) in [6.07, 6.45) is 2.64. The number of hydrogen-bond acceptors (Lipinski definition) is 3. The van der Waals surface area contributed by atoms with E-state index in [-0.39, 0.29) is 12.0 Å². The zero-order valence-corrected chi connectivity index (χ0v) is 9.08. The second-order valence-corrected chi connectivity index (χ2v) is 4.07. The van der Waals surface area contributed by atoms with Crippen molar-refractivity contribution in [2.45, 2.75) is 45.2 Å². The summed E-state index contributed by atoms with van der Waals surface area (Å²) in [5, 5.41) is 15.9. The smallest absolute Gasteiger partial charge is 0.315 e. The first-order valence-electron chi connectivity index (χ1n) is 5.32. The second-order valence-electron chi connectivity index (χ2n) is 4.07. The van der Waals surface area contributed by atoms with E-state index in [4.69, 9.17) is 0 Å². The van der Waals surface area contributed by atoms with Crippen molar-refractivity contribution in [3.8, 4) is 0 Å². The van der Waals surface area contributed by atoms with E-state index in [1.807, 2.05) is 6.92 Å². The summed E-state index contributed by atoms with van der Waals surface area (Å²) in [5.41, 5.74) is 0. The molecule has 0 aromatic rings. The first-order valence-corrected chi connectivity index (χ1v) is 5.32. The number of carbonyl (C=O) groups is 2. The van der Waals surface area contributed by atoms with Crippen LogP contribution in [0, 0.1) is 5.92 Å². The fourth-order valence-corrected chi connectivity index (χ4v) is 1.27. The van der Waals surface area contributed by atoms with Gasteiger partial charge < -0.3 is 20.5 Å². The lowest BCUT2D eigenvalue weighted by molar-refractivity contribution is -0.309. The molecule has 1 aliphatic carbocycles. The summed E-state index contributed by atoms with van der Waals surface area (Å²) < 4.78 is 0. The van der Waals surface area contributed by atoms with E-state index < -0.39 is 18.0 Å². The van der Waals surface area contributed by atoms with Crippen molar-refractivity contribution < 1.29 is 14.7 Å². The van der Waals surface area contributed by atoms with Gasteiger partial charge in [-0.1, -0.05) is 20.3 Å². The van der Waals surface area contributed by atoms with Gasteiger partial charge in [0.25, 0.3) is 0 Å². The first kappa shape index (κ1) is 11.8. The highest BCUT2D eigenvalue weighted by Gasteiger charge is 2.25. The van der Waals surface area contributed by atoms with Gasteiger partial charge in [0.05, 0.1) is 12.0 Å². The lowest BCUT2D eigenvalue weighted by Crippen LogP contribution is -2.54. The Morgan fingerprint density at radius 2 is 2.07 bits per heavy atom. The topological polar surface area (TPSA) is 81.3 Å². The molecule has 0 radical (unpaired) electrons. The third kappa shape index (κ3) is 3.77. The van der Waals surface area contributed by atoms with Crippen molar-refractivity contribution >= 4 is 12.0 Å². The SMILES string of the molecule is CC[C@@H](C)[C@H](NC(=O)NC1CC1)C(=O)[O-]. The average Bonchev–Trinajstić information content (AvgIpc) is 2.96. The molecule has 5 nitrogen and oxygen atoms in total. The average molecular weight is 213 g/mol. The Kier molecular flexibility index (Phi) is 3.94. The van der Waals surface area contributed by atoms with Gasteiger partial charge in [-0.15, -0.1) is 0 Å². The van der Waals surface area contributed by atoms with Crippen LogP contribution in [0.15, 0.2) is 0 Å². The number of hydrogen-bond donors (Lipinski definition) is 2. The fourth-order valence-electron chi connectivity index (χ4n) is 1.27. The minimum atomic E-state index is -1.23. The van der Waals surface area contributed by atoms with Gasteiger partial charge in [-0.2, -0.15) is 0 Å². The maximum atomic E-state index is 11.3. The molecule has 0 aromatic heterocycles. The molecular weight excluding hydrogens is 196 g/mol. The number of amides is 2. The van der Waals surface area contributed by atoms with Gasteiger partial charge in [-0.3, -0.25) is 0 Å². The van der Waals surface area contributed by atoms with E-state index in [1.165, 1.54) is 0 Å². The fraction of sp³-hybridized carbons (Fsp3) is 0.800. The molecule has 1 aliphatic rings. The Balaban J connectivity index is 2.41. The summed E-state index contributed by atoms with van der Waals surface area (Å²) in [5.74, 6) is -1.35. The van der Waals surface area contributed by atoms with Crippen LogP contribution in [0.3, 0.4) is 0 Å². The monoisotopic (exact) mass is 213 g/mol. The number of urea groups is 1. The van der Waals surface area contributed by atoms with Gasteiger partial charge in [-0.25, -0.2) is 4.79 Å². The van der Waals surface area contributed by atoms with Gasteiger partial charge in [0.1, 0.15) is 0 Å². The predicted octanol–water partition coefficient (Wildman–Crippen LogP) is -0.387.